The van der Waals surface area contributed by atoms with E-state index in [1.807, 2.05) is 0 Å². The van der Waals surface area contributed by atoms with Crippen LogP contribution in [0.1, 0.15) is 12.2 Å². The number of hydrogen-bond acceptors (Lipinski definition) is 4. The first kappa shape index (κ1) is 10.6. The fourth-order valence-electron chi connectivity index (χ4n) is 1.00. The average Bonchev–Trinajstić information content (AvgIpc) is 2.48. The van der Waals surface area contributed by atoms with Crippen molar-refractivity contribution in [3.05, 3.63) is 28.3 Å². The molecule has 78 valence electrons. The molecule has 0 radical (unpaired) electrons. The number of rotatable bonds is 4. The first-order valence-corrected chi connectivity index (χ1v) is 4.13. The van der Waals surface area contributed by atoms with Gasteiger partial charge >= 0.3 is 5.76 Å². The second-order valence-electron chi connectivity index (χ2n) is 2.75. The highest BCUT2D eigenvalue weighted by molar-refractivity contribution is 4.91. The summed E-state index contributed by atoms with van der Waals surface area (Å²) < 4.78 is 18.1. The van der Waals surface area contributed by atoms with E-state index in [4.69, 9.17) is 5.11 Å². The monoisotopic (exact) mass is 202 g/mol. The Bertz CT molecular complexity index is 380. The van der Waals surface area contributed by atoms with E-state index in [2.05, 4.69) is 9.68 Å². The van der Waals surface area contributed by atoms with Crippen LogP contribution < -0.4 is 5.76 Å². The number of aromatic nitrogens is 2. The standard InChI is InChI=1S/C8H11FN2O3/c1-6-10-14-8(13)11(6)4-2-3-7(9)5-12/h3,12H,2,4-5H2,1H3/b7-3+. The molecule has 0 aliphatic carbocycles. The molecule has 5 nitrogen and oxygen atoms in total. The molecule has 0 amide bonds. The summed E-state index contributed by atoms with van der Waals surface area (Å²) in [5.41, 5.74) is 0. The lowest BCUT2D eigenvalue weighted by Gasteiger charge is -1.97. The Kier molecular flexibility index (Phi) is 3.58. The summed E-state index contributed by atoms with van der Waals surface area (Å²) in [5.74, 6) is -0.708. The van der Waals surface area contributed by atoms with Crippen LogP contribution in [0.2, 0.25) is 0 Å². The Hall–Kier alpha value is -1.43. The van der Waals surface area contributed by atoms with Crippen molar-refractivity contribution in [2.75, 3.05) is 6.61 Å². The molecule has 0 fully saturated rings. The molecule has 0 unspecified atom stereocenters. The Morgan fingerprint density at radius 3 is 3.00 bits per heavy atom. The summed E-state index contributed by atoms with van der Waals surface area (Å²) in [6.07, 6.45) is 1.53. The van der Waals surface area contributed by atoms with E-state index >= 15 is 0 Å². The van der Waals surface area contributed by atoms with Crippen LogP contribution in [0, 0.1) is 6.92 Å². The third-order valence-electron chi connectivity index (χ3n) is 1.74. The van der Waals surface area contributed by atoms with Crippen LogP contribution in [0.25, 0.3) is 0 Å². The van der Waals surface area contributed by atoms with E-state index in [0.717, 1.165) is 0 Å². The summed E-state index contributed by atoms with van der Waals surface area (Å²) in [7, 11) is 0. The van der Waals surface area contributed by atoms with E-state index in [0.29, 0.717) is 18.8 Å². The molecule has 0 saturated carbocycles. The fourth-order valence-corrected chi connectivity index (χ4v) is 1.00. The molecule has 0 aliphatic rings. The molecule has 14 heavy (non-hydrogen) atoms. The summed E-state index contributed by atoms with van der Waals surface area (Å²) in [5, 5.41) is 11.8. The van der Waals surface area contributed by atoms with Gasteiger partial charge in [-0.2, -0.15) is 0 Å². The molecule has 1 aromatic rings. The Labute approximate surface area is 79.4 Å². The van der Waals surface area contributed by atoms with Gasteiger partial charge in [-0.25, -0.2) is 9.18 Å². The molecular formula is C8H11FN2O3. The van der Waals surface area contributed by atoms with Gasteiger partial charge in [-0.1, -0.05) is 5.16 Å². The molecule has 1 aromatic heterocycles. The normalized spacial score (nSPS) is 12.1. The van der Waals surface area contributed by atoms with Gasteiger partial charge in [-0.15, -0.1) is 0 Å². The topological polar surface area (TPSA) is 68.3 Å². The number of hydrogen-bond donors (Lipinski definition) is 1. The minimum atomic E-state index is -0.614. The smallest absolute Gasteiger partial charge is 0.389 e. The number of aliphatic hydroxyl groups is 1. The molecule has 1 N–H and O–H groups in total. The first-order valence-electron chi connectivity index (χ1n) is 4.13. The van der Waals surface area contributed by atoms with Gasteiger partial charge in [-0.3, -0.25) is 9.09 Å². The maximum absolute atomic E-state index is 12.4. The fraction of sp³-hybridized carbons (Fsp3) is 0.500. The molecular weight excluding hydrogens is 191 g/mol. The van der Waals surface area contributed by atoms with Crippen LogP contribution in [-0.4, -0.2) is 21.4 Å². The van der Waals surface area contributed by atoms with Crippen molar-refractivity contribution >= 4 is 0 Å². The highest BCUT2D eigenvalue weighted by atomic mass is 19.1. The molecule has 1 heterocycles. The molecule has 0 aliphatic heterocycles. The van der Waals surface area contributed by atoms with E-state index in [-0.39, 0.29) is 0 Å². The largest absolute Gasteiger partial charge is 0.441 e. The lowest BCUT2D eigenvalue weighted by Crippen LogP contribution is -2.15. The zero-order valence-electron chi connectivity index (χ0n) is 7.73. The van der Waals surface area contributed by atoms with Gasteiger partial charge in [0.05, 0.1) is 6.61 Å². The molecule has 6 heteroatoms. The predicted molar refractivity (Wildman–Crippen MR) is 46.4 cm³/mol. The van der Waals surface area contributed by atoms with Gasteiger partial charge in [0, 0.05) is 6.54 Å². The first-order chi connectivity index (χ1) is 6.65. The van der Waals surface area contributed by atoms with Gasteiger partial charge in [-0.05, 0) is 19.4 Å². The highest BCUT2D eigenvalue weighted by Gasteiger charge is 2.04. The Morgan fingerprint density at radius 2 is 2.50 bits per heavy atom. The average molecular weight is 202 g/mol. The van der Waals surface area contributed by atoms with Gasteiger partial charge in [0.1, 0.15) is 5.83 Å². The molecule has 0 aromatic carbocycles. The van der Waals surface area contributed by atoms with Crippen LogP contribution in [0.15, 0.2) is 21.2 Å². The Morgan fingerprint density at radius 1 is 1.79 bits per heavy atom. The maximum atomic E-state index is 12.4. The number of halogens is 1. The summed E-state index contributed by atoms with van der Waals surface area (Å²) >= 11 is 0. The number of allylic oxidation sites excluding steroid dienone is 1. The molecule has 0 bridgehead atoms. The minimum absolute atomic E-state index is 0.293. The Balaban J connectivity index is 2.58. The van der Waals surface area contributed by atoms with E-state index in [1.165, 1.54) is 10.6 Å². The predicted octanol–water partition coefficient (Wildman–Crippen LogP) is 0.381. The lowest BCUT2D eigenvalue weighted by atomic mass is 10.3. The third kappa shape index (κ3) is 2.53. The van der Waals surface area contributed by atoms with Crippen LogP contribution >= 0.6 is 0 Å². The lowest BCUT2D eigenvalue weighted by molar-refractivity contribution is 0.297. The van der Waals surface area contributed by atoms with Crippen molar-refractivity contribution in [1.29, 1.82) is 0 Å². The molecule has 1 rings (SSSR count). The maximum Gasteiger partial charge on any atom is 0.441 e. The van der Waals surface area contributed by atoms with Gasteiger partial charge in [0.15, 0.2) is 5.82 Å². The molecule has 0 spiro atoms. The number of nitrogens with zero attached hydrogens (tertiary/aromatic N) is 2. The van der Waals surface area contributed by atoms with Crippen LogP contribution in [-0.2, 0) is 6.54 Å². The second-order valence-corrected chi connectivity index (χ2v) is 2.75. The van der Waals surface area contributed by atoms with Crippen LogP contribution in [0.4, 0.5) is 4.39 Å². The minimum Gasteiger partial charge on any atom is -0.389 e. The SMILES string of the molecule is Cc1noc(=O)n1CC/C=C(/F)CO. The van der Waals surface area contributed by atoms with Crippen molar-refractivity contribution in [3.63, 3.8) is 0 Å². The van der Waals surface area contributed by atoms with E-state index < -0.39 is 18.2 Å². The van der Waals surface area contributed by atoms with Gasteiger partial charge in [0.2, 0.25) is 0 Å². The quantitative estimate of drug-likeness (QED) is 0.766. The van der Waals surface area contributed by atoms with Gasteiger partial charge < -0.3 is 5.11 Å². The van der Waals surface area contributed by atoms with Crippen molar-refractivity contribution in [2.45, 2.75) is 19.9 Å². The summed E-state index contributed by atoms with van der Waals surface area (Å²) in [6.45, 7) is 1.30. The molecule has 0 atom stereocenters. The van der Waals surface area contributed by atoms with Crippen LogP contribution in [0.3, 0.4) is 0 Å². The number of aryl methyl sites for hydroxylation is 1. The molecule has 0 saturated heterocycles. The third-order valence-corrected chi connectivity index (χ3v) is 1.74. The van der Waals surface area contributed by atoms with E-state index in [1.54, 1.807) is 6.92 Å². The highest BCUT2D eigenvalue weighted by Crippen LogP contribution is 1.99. The van der Waals surface area contributed by atoms with Gasteiger partial charge in [0.25, 0.3) is 0 Å². The summed E-state index contributed by atoms with van der Waals surface area (Å²) in [4.78, 5) is 11.0. The second kappa shape index (κ2) is 4.71. The zero-order chi connectivity index (χ0) is 10.6. The van der Waals surface area contributed by atoms with Crippen molar-refractivity contribution in [3.8, 4) is 0 Å². The van der Waals surface area contributed by atoms with Crippen molar-refractivity contribution in [2.24, 2.45) is 0 Å². The number of aliphatic hydroxyl groups excluding tert-OH is 1. The zero-order valence-corrected chi connectivity index (χ0v) is 7.73. The summed E-state index contributed by atoms with van der Waals surface area (Å²) in [6, 6.07) is 0. The van der Waals surface area contributed by atoms with Crippen molar-refractivity contribution in [1.82, 2.24) is 9.72 Å². The van der Waals surface area contributed by atoms with E-state index in [9.17, 15) is 9.18 Å². The van der Waals surface area contributed by atoms with Crippen molar-refractivity contribution < 1.29 is 14.0 Å². The van der Waals surface area contributed by atoms with Crippen LogP contribution in [0.5, 0.6) is 0 Å².